The van der Waals surface area contributed by atoms with Gasteiger partial charge in [0.05, 0.1) is 43.8 Å². The van der Waals surface area contributed by atoms with E-state index >= 15 is 0 Å². The number of ether oxygens (including phenoxy) is 4. The summed E-state index contributed by atoms with van der Waals surface area (Å²) in [4.78, 5) is 24.1. The molecular formula is C19H17NO7S2. The van der Waals surface area contributed by atoms with E-state index in [1.54, 1.807) is 18.2 Å². The molecule has 0 spiro atoms. The molecule has 0 N–H and O–H groups in total. The van der Waals surface area contributed by atoms with Gasteiger partial charge in [0.1, 0.15) is 0 Å². The van der Waals surface area contributed by atoms with E-state index in [1.165, 1.54) is 50.9 Å². The minimum atomic E-state index is -0.517. The zero-order chi connectivity index (χ0) is 21.1. The summed E-state index contributed by atoms with van der Waals surface area (Å²) in [7, 11) is 8.14. The maximum absolute atomic E-state index is 12.7. The van der Waals surface area contributed by atoms with Gasteiger partial charge in [0.15, 0.2) is 17.2 Å². The first-order valence-electron chi connectivity index (χ1n) is 8.21. The molecule has 0 aliphatic carbocycles. The van der Waals surface area contributed by atoms with Crippen molar-refractivity contribution in [3.63, 3.8) is 0 Å². The molecule has 152 valence electrons. The standard InChI is InChI=1S/C19H17NO7S2/c1-24-13-6-5-10(7-12(13)20(22)23)18-16(19(21)29-28-18)11-8-14(25-2)17(27-4)15(9-11)26-3/h5-9H,1-4H3. The maximum Gasteiger partial charge on any atom is 0.311 e. The van der Waals surface area contributed by atoms with Crippen LogP contribution in [0.4, 0.5) is 5.69 Å². The molecule has 8 nitrogen and oxygen atoms in total. The van der Waals surface area contributed by atoms with Crippen LogP contribution in [0.1, 0.15) is 0 Å². The third-order valence-corrected chi connectivity index (χ3v) is 6.47. The molecule has 2 aromatic carbocycles. The fourth-order valence-electron chi connectivity index (χ4n) is 2.90. The van der Waals surface area contributed by atoms with E-state index in [4.69, 9.17) is 18.9 Å². The largest absolute Gasteiger partial charge is 0.493 e. The van der Waals surface area contributed by atoms with Crippen molar-refractivity contribution >= 4 is 26.4 Å². The van der Waals surface area contributed by atoms with Crippen LogP contribution in [-0.4, -0.2) is 33.4 Å². The maximum atomic E-state index is 12.7. The third-order valence-electron chi connectivity index (χ3n) is 4.22. The topological polar surface area (TPSA) is 97.1 Å². The van der Waals surface area contributed by atoms with E-state index in [0.29, 0.717) is 38.8 Å². The van der Waals surface area contributed by atoms with Gasteiger partial charge in [-0.3, -0.25) is 14.9 Å². The summed E-state index contributed by atoms with van der Waals surface area (Å²) in [6.07, 6.45) is 0. The van der Waals surface area contributed by atoms with Gasteiger partial charge in [-0.2, -0.15) is 0 Å². The Balaban J connectivity index is 2.24. The molecule has 10 heteroatoms. The van der Waals surface area contributed by atoms with Gasteiger partial charge in [0.2, 0.25) is 5.75 Å². The Kier molecular flexibility index (Phi) is 6.04. The highest BCUT2D eigenvalue weighted by Crippen LogP contribution is 2.45. The van der Waals surface area contributed by atoms with Gasteiger partial charge in [-0.1, -0.05) is 10.3 Å². The summed E-state index contributed by atoms with van der Waals surface area (Å²) >= 11 is 0. The average molecular weight is 435 g/mol. The monoisotopic (exact) mass is 435 g/mol. The Labute approximate surface area is 173 Å². The molecule has 1 heterocycles. The third kappa shape index (κ3) is 3.76. The van der Waals surface area contributed by atoms with E-state index < -0.39 is 4.92 Å². The van der Waals surface area contributed by atoms with Crippen molar-refractivity contribution in [2.24, 2.45) is 0 Å². The summed E-state index contributed by atoms with van der Waals surface area (Å²) < 4.78 is 21.0. The van der Waals surface area contributed by atoms with E-state index in [1.807, 2.05) is 0 Å². The minimum Gasteiger partial charge on any atom is -0.493 e. The number of nitrogens with zero attached hydrogens (tertiary/aromatic N) is 1. The van der Waals surface area contributed by atoms with Gasteiger partial charge < -0.3 is 18.9 Å². The van der Waals surface area contributed by atoms with Gasteiger partial charge in [0.25, 0.3) is 4.74 Å². The molecule has 0 bridgehead atoms. The van der Waals surface area contributed by atoms with Crippen LogP contribution >= 0.6 is 20.7 Å². The number of nitro groups is 1. The lowest BCUT2D eigenvalue weighted by molar-refractivity contribution is -0.385. The lowest BCUT2D eigenvalue weighted by atomic mass is 10.0. The Bertz CT molecular complexity index is 1090. The van der Waals surface area contributed by atoms with Crippen LogP contribution in [0.25, 0.3) is 21.6 Å². The summed E-state index contributed by atoms with van der Waals surface area (Å²) in [5.41, 5.74) is 1.35. The molecule has 0 saturated carbocycles. The summed E-state index contributed by atoms with van der Waals surface area (Å²) in [6, 6.07) is 7.96. The Morgan fingerprint density at radius 3 is 1.97 bits per heavy atom. The molecular weight excluding hydrogens is 418 g/mol. The normalized spacial score (nSPS) is 10.5. The van der Waals surface area contributed by atoms with E-state index in [2.05, 4.69) is 0 Å². The average Bonchev–Trinajstić information content (AvgIpc) is 3.13. The van der Waals surface area contributed by atoms with Crippen molar-refractivity contribution in [1.82, 2.24) is 0 Å². The Morgan fingerprint density at radius 1 is 0.828 bits per heavy atom. The zero-order valence-electron chi connectivity index (χ0n) is 16.0. The highest BCUT2D eigenvalue weighted by molar-refractivity contribution is 7.70. The van der Waals surface area contributed by atoms with Crippen LogP contribution in [-0.2, 0) is 0 Å². The molecule has 0 amide bonds. The molecule has 0 saturated heterocycles. The molecule has 1 aromatic heterocycles. The first-order chi connectivity index (χ1) is 13.9. The highest BCUT2D eigenvalue weighted by Gasteiger charge is 2.23. The zero-order valence-corrected chi connectivity index (χ0v) is 17.6. The van der Waals surface area contributed by atoms with Crippen LogP contribution < -0.4 is 23.7 Å². The number of nitro benzene ring substituents is 1. The van der Waals surface area contributed by atoms with Gasteiger partial charge >= 0.3 is 5.69 Å². The summed E-state index contributed by atoms with van der Waals surface area (Å²) in [6.45, 7) is 0. The van der Waals surface area contributed by atoms with Crippen molar-refractivity contribution in [2.45, 2.75) is 0 Å². The fourth-order valence-corrected chi connectivity index (χ4v) is 5.21. The predicted molar refractivity (Wildman–Crippen MR) is 112 cm³/mol. The summed E-state index contributed by atoms with van der Waals surface area (Å²) in [5, 5.41) is 11.4. The van der Waals surface area contributed by atoms with Crippen LogP contribution in [0.15, 0.2) is 35.1 Å². The van der Waals surface area contributed by atoms with Crippen molar-refractivity contribution in [3.8, 4) is 44.6 Å². The quantitative estimate of drug-likeness (QED) is 0.307. The minimum absolute atomic E-state index is 0.149. The second-order valence-electron chi connectivity index (χ2n) is 5.72. The van der Waals surface area contributed by atoms with Crippen molar-refractivity contribution < 1.29 is 23.9 Å². The predicted octanol–water partition coefficient (Wildman–Crippen LogP) is 4.45. The number of benzene rings is 2. The molecule has 0 aliphatic rings. The van der Waals surface area contributed by atoms with Crippen molar-refractivity contribution in [1.29, 1.82) is 0 Å². The second-order valence-corrected chi connectivity index (χ2v) is 7.83. The van der Waals surface area contributed by atoms with Crippen LogP contribution in [0.3, 0.4) is 0 Å². The molecule has 0 radical (unpaired) electrons. The van der Waals surface area contributed by atoms with Gasteiger partial charge in [-0.25, -0.2) is 0 Å². The van der Waals surface area contributed by atoms with Crippen LogP contribution in [0.5, 0.6) is 23.0 Å². The molecule has 0 atom stereocenters. The lowest BCUT2D eigenvalue weighted by Crippen LogP contribution is -2.00. The highest BCUT2D eigenvalue weighted by atomic mass is 32.9. The number of rotatable bonds is 7. The molecule has 3 aromatic rings. The molecule has 0 aliphatic heterocycles. The van der Waals surface area contributed by atoms with Crippen molar-refractivity contribution in [3.05, 3.63) is 50.0 Å². The molecule has 3 rings (SSSR count). The number of methoxy groups -OCH3 is 4. The smallest absolute Gasteiger partial charge is 0.311 e. The van der Waals surface area contributed by atoms with E-state index in [-0.39, 0.29) is 16.2 Å². The molecule has 0 fully saturated rings. The number of hydrogen-bond donors (Lipinski definition) is 0. The lowest BCUT2D eigenvalue weighted by Gasteiger charge is -2.14. The van der Waals surface area contributed by atoms with E-state index in [0.717, 1.165) is 10.3 Å². The Morgan fingerprint density at radius 2 is 1.45 bits per heavy atom. The van der Waals surface area contributed by atoms with Gasteiger partial charge in [-0.15, -0.1) is 0 Å². The fraction of sp³-hybridized carbons (Fsp3) is 0.211. The molecule has 0 unspecified atom stereocenters. The number of hydrogen-bond acceptors (Lipinski definition) is 9. The van der Waals surface area contributed by atoms with Gasteiger partial charge in [-0.05, 0) is 40.2 Å². The van der Waals surface area contributed by atoms with Crippen LogP contribution in [0, 0.1) is 10.1 Å². The first-order valence-corrected chi connectivity index (χ1v) is 10.4. The van der Waals surface area contributed by atoms with E-state index in [9.17, 15) is 14.9 Å². The molecule has 29 heavy (non-hydrogen) atoms. The summed E-state index contributed by atoms with van der Waals surface area (Å²) in [5.74, 6) is 1.37. The van der Waals surface area contributed by atoms with Gasteiger partial charge in [0, 0.05) is 11.6 Å². The van der Waals surface area contributed by atoms with Crippen LogP contribution in [0.2, 0.25) is 0 Å². The second kappa shape index (κ2) is 8.50. The van der Waals surface area contributed by atoms with Crippen molar-refractivity contribution in [2.75, 3.05) is 28.4 Å². The SMILES string of the molecule is COc1ccc(-c2ssc(=O)c2-c2cc(OC)c(OC)c(OC)c2)cc1[N+](=O)[O-]. The first kappa shape index (κ1) is 20.6. The Hall–Kier alpha value is -3.11.